The van der Waals surface area contributed by atoms with Gasteiger partial charge in [0, 0.05) is 12.1 Å². The van der Waals surface area contributed by atoms with Crippen LogP contribution in [0.5, 0.6) is 0 Å². The van der Waals surface area contributed by atoms with Crippen LogP contribution in [-0.2, 0) is 9.53 Å². The molecular weight excluding hydrogens is 240 g/mol. The van der Waals surface area contributed by atoms with Crippen molar-refractivity contribution in [3.05, 3.63) is 0 Å². The maximum atomic E-state index is 11.6. The van der Waals surface area contributed by atoms with Crippen LogP contribution in [-0.4, -0.2) is 25.2 Å². The van der Waals surface area contributed by atoms with Crippen LogP contribution in [0, 0.1) is 17.8 Å². The minimum absolute atomic E-state index is 0.0373. The summed E-state index contributed by atoms with van der Waals surface area (Å²) in [6.45, 7) is 4.39. The van der Waals surface area contributed by atoms with E-state index in [0.29, 0.717) is 5.92 Å². The van der Waals surface area contributed by atoms with Gasteiger partial charge in [-0.3, -0.25) is 4.79 Å². The Morgan fingerprint density at radius 3 is 2.32 bits per heavy atom. The van der Waals surface area contributed by atoms with Gasteiger partial charge in [-0.1, -0.05) is 26.7 Å². The molecule has 0 radical (unpaired) electrons. The summed E-state index contributed by atoms with van der Waals surface area (Å²) in [5.74, 6) is 0.599. The van der Waals surface area contributed by atoms with Gasteiger partial charge in [0.05, 0.1) is 13.0 Å². The molecular formula is C15H30N2O2. The lowest BCUT2D eigenvalue weighted by Crippen LogP contribution is -2.44. The second-order valence-electron chi connectivity index (χ2n) is 5.93. The minimum atomic E-state index is -0.132. The third-order valence-electron chi connectivity index (χ3n) is 4.56. The van der Waals surface area contributed by atoms with Gasteiger partial charge in [0.15, 0.2) is 0 Å². The van der Waals surface area contributed by atoms with Crippen molar-refractivity contribution >= 4 is 5.97 Å². The molecule has 112 valence electrons. The maximum absolute atomic E-state index is 11.6. The molecule has 1 aliphatic rings. The molecule has 0 spiro atoms. The van der Waals surface area contributed by atoms with Crippen LogP contribution in [0.15, 0.2) is 0 Å². The summed E-state index contributed by atoms with van der Waals surface area (Å²) in [6.07, 6.45) is 6.12. The van der Waals surface area contributed by atoms with Gasteiger partial charge in [-0.15, -0.1) is 0 Å². The Kier molecular flexibility index (Phi) is 6.80. The number of carbonyl (C=O) groups is 1. The highest BCUT2D eigenvalue weighted by molar-refractivity contribution is 5.72. The Morgan fingerprint density at radius 1 is 1.26 bits per heavy atom. The van der Waals surface area contributed by atoms with Gasteiger partial charge >= 0.3 is 5.97 Å². The number of esters is 1. The zero-order valence-corrected chi connectivity index (χ0v) is 12.6. The number of nitrogens with two attached hydrogens (primary N) is 2. The summed E-state index contributed by atoms with van der Waals surface area (Å²) >= 11 is 0. The molecule has 0 aromatic rings. The van der Waals surface area contributed by atoms with Crippen molar-refractivity contribution in [3.63, 3.8) is 0 Å². The number of methoxy groups -OCH3 is 1. The van der Waals surface area contributed by atoms with Crippen LogP contribution >= 0.6 is 0 Å². The Hall–Kier alpha value is -0.610. The van der Waals surface area contributed by atoms with Crippen LogP contribution in [0.2, 0.25) is 0 Å². The molecule has 0 aliphatic heterocycles. The number of rotatable bonds is 7. The first kappa shape index (κ1) is 16.4. The van der Waals surface area contributed by atoms with E-state index in [0.717, 1.165) is 38.5 Å². The fourth-order valence-electron chi connectivity index (χ4n) is 3.52. The average molecular weight is 270 g/mol. The summed E-state index contributed by atoms with van der Waals surface area (Å²) in [4.78, 5) is 11.6. The SMILES string of the molecule is CCCC(CCC)C(N)[C@@H]1C[C@@H](C(=O)OC)C[C@H]1N. The van der Waals surface area contributed by atoms with E-state index in [1.54, 1.807) is 0 Å². The third kappa shape index (κ3) is 4.18. The largest absolute Gasteiger partial charge is 0.469 e. The topological polar surface area (TPSA) is 78.3 Å². The van der Waals surface area contributed by atoms with Gasteiger partial charge in [0.25, 0.3) is 0 Å². The Bertz CT molecular complexity index is 277. The van der Waals surface area contributed by atoms with Gasteiger partial charge in [0.2, 0.25) is 0 Å². The molecule has 4 heteroatoms. The second-order valence-corrected chi connectivity index (χ2v) is 5.93. The molecule has 4 N–H and O–H groups in total. The van der Waals surface area contributed by atoms with Crippen molar-refractivity contribution < 1.29 is 9.53 Å². The predicted octanol–water partition coefficient (Wildman–Crippen LogP) is 2.06. The summed E-state index contributed by atoms with van der Waals surface area (Å²) in [6, 6.07) is 0.153. The monoisotopic (exact) mass is 270 g/mol. The lowest BCUT2D eigenvalue weighted by Gasteiger charge is -2.30. The van der Waals surface area contributed by atoms with Gasteiger partial charge in [0.1, 0.15) is 0 Å². The first-order valence-electron chi connectivity index (χ1n) is 7.64. The van der Waals surface area contributed by atoms with Crippen LogP contribution < -0.4 is 11.5 Å². The second kappa shape index (κ2) is 7.85. The molecule has 0 aromatic heterocycles. The van der Waals surface area contributed by atoms with Crippen LogP contribution in [0.25, 0.3) is 0 Å². The standard InChI is InChI=1S/C15H30N2O2/c1-4-6-10(7-5-2)14(17)12-8-11(9-13(12)16)15(18)19-3/h10-14H,4-9,16-17H2,1-3H3/t11-,12-,13-,14?/m1/s1. The molecule has 1 saturated carbocycles. The van der Waals surface area contributed by atoms with Crippen molar-refractivity contribution in [1.82, 2.24) is 0 Å². The number of carbonyl (C=O) groups excluding carboxylic acids is 1. The zero-order chi connectivity index (χ0) is 14.4. The molecule has 1 aliphatic carbocycles. The van der Waals surface area contributed by atoms with Crippen molar-refractivity contribution in [2.24, 2.45) is 29.2 Å². The molecule has 0 saturated heterocycles. The quantitative estimate of drug-likeness (QED) is 0.694. The molecule has 1 fully saturated rings. The van der Waals surface area contributed by atoms with Gasteiger partial charge in [-0.05, 0) is 37.5 Å². The van der Waals surface area contributed by atoms with E-state index in [1.807, 2.05) is 0 Å². The van der Waals surface area contributed by atoms with Crippen molar-refractivity contribution in [1.29, 1.82) is 0 Å². The minimum Gasteiger partial charge on any atom is -0.469 e. The molecule has 4 atom stereocenters. The van der Waals surface area contributed by atoms with E-state index in [-0.39, 0.29) is 29.9 Å². The summed E-state index contributed by atoms with van der Waals surface area (Å²) in [5, 5.41) is 0. The number of hydrogen-bond acceptors (Lipinski definition) is 4. The van der Waals surface area contributed by atoms with Crippen LogP contribution in [0.4, 0.5) is 0 Å². The Labute approximate surface area is 117 Å². The molecule has 0 bridgehead atoms. The van der Waals surface area contributed by atoms with E-state index in [4.69, 9.17) is 16.2 Å². The Morgan fingerprint density at radius 2 is 1.84 bits per heavy atom. The molecule has 0 aromatic carbocycles. The van der Waals surface area contributed by atoms with Crippen molar-refractivity contribution in [2.75, 3.05) is 7.11 Å². The molecule has 19 heavy (non-hydrogen) atoms. The highest BCUT2D eigenvalue weighted by atomic mass is 16.5. The van der Waals surface area contributed by atoms with Crippen LogP contribution in [0.1, 0.15) is 52.4 Å². The van der Waals surface area contributed by atoms with E-state index < -0.39 is 0 Å². The highest BCUT2D eigenvalue weighted by Gasteiger charge is 2.41. The predicted molar refractivity (Wildman–Crippen MR) is 77.5 cm³/mol. The van der Waals surface area contributed by atoms with E-state index in [2.05, 4.69) is 13.8 Å². The first-order valence-corrected chi connectivity index (χ1v) is 7.64. The van der Waals surface area contributed by atoms with E-state index in [1.165, 1.54) is 7.11 Å². The lowest BCUT2D eigenvalue weighted by molar-refractivity contribution is -0.145. The maximum Gasteiger partial charge on any atom is 0.308 e. The number of hydrogen-bond donors (Lipinski definition) is 2. The summed E-state index contributed by atoms with van der Waals surface area (Å²) < 4.78 is 4.83. The first-order chi connectivity index (χ1) is 9.04. The van der Waals surface area contributed by atoms with Gasteiger partial charge in [-0.2, -0.15) is 0 Å². The van der Waals surface area contributed by atoms with Crippen molar-refractivity contribution in [3.8, 4) is 0 Å². The van der Waals surface area contributed by atoms with Gasteiger partial charge in [-0.25, -0.2) is 0 Å². The van der Waals surface area contributed by atoms with Crippen LogP contribution in [0.3, 0.4) is 0 Å². The molecule has 1 rings (SSSR count). The highest BCUT2D eigenvalue weighted by Crippen LogP contribution is 2.36. The van der Waals surface area contributed by atoms with E-state index >= 15 is 0 Å². The fourth-order valence-corrected chi connectivity index (χ4v) is 3.52. The molecule has 0 amide bonds. The molecule has 1 unspecified atom stereocenters. The normalized spacial score (nSPS) is 28.6. The summed E-state index contributed by atoms with van der Waals surface area (Å²) in [7, 11) is 1.44. The fraction of sp³-hybridized carbons (Fsp3) is 0.933. The third-order valence-corrected chi connectivity index (χ3v) is 4.56. The number of ether oxygens (including phenoxy) is 1. The molecule has 4 nitrogen and oxygen atoms in total. The van der Waals surface area contributed by atoms with E-state index in [9.17, 15) is 4.79 Å². The Balaban J connectivity index is 2.64. The molecule has 0 heterocycles. The van der Waals surface area contributed by atoms with Crippen molar-refractivity contribution in [2.45, 2.75) is 64.5 Å². The zero-order valence-electron chi connectivity index (χ0n) is 12.6. The average Bonchev–Trinajstić information content (AvgIpc) is 2.79. The lowest BCUT2D eigenvalue weighted by atomic mass is 9.81. The smallest absolute Gasteiger partial charge is 0.308 e. The summed E-state index contributed by atoms with van der Waals surface area (Å²) in [5.41, 5.74) is 12.7. The van der Waals surface area contributed by atoms with Gasteiger partial charge < -0.3 is 16.2 Å².